The fourth-order valence-corrected chi connectivity index (χ4v) is 6.66. The van der Waals surface area contributed by atoms with Crippen LogP contribution in [-0.4, -0.2) is 30.2 Å². The summed E-state index contributed by atoms with van der Waals surface area (Å²) in [5.74, 6) is 0.929. The summed E-state index contributed by atoms with van der Waals surface area (Å²) < 4.78 is 5.89. The Balaban J connectivity index is 2.21. The summed E-state index contributed by atoms with van der Waals surface area (Å²) >= 11 is 0. The topological polar surface area (TPSA) is 46.5 Å². The lowest BCUT2D eigenvalue weighted by Crippen LogP contribution is -2.62. The molecule has 3 heteroatoms. The van der Waals surface area contributed by atoms with Gasteiger partial charge in [-0.1, -0.05) is 26.8 Å². The third-order valence-electron chi connectivity index (χ3n) is 8.57. The first-order valence-corrected chi connectivity index (χ1v) is 9.56. The van der Waals surface area contributed by atoms with Crippen molar-refractivity contribution in [3.63, 3.8) is 0 Å². The standard InChI is InChI=1S/C21H34O3/c1-7-19(4)12-16(22)20(5)13(2)8-10-21(14(3)18(19)23)11-9-15(24-6)17(20)21/h7,13-17,22H,1,8-12H2,2-6H3/t13-,14-,15+,16+,17+,19+,20-,21-/m0/s1. The number of carbonyl (C=O) groups is 1. The Morgan fingerprint density at radius 1 is 1.25 bits per heavy atom. The van der Waals surface area contributed by atoms with Gasteiger partial charge in [0.05, 0.1) is 12.2 Å². The molecule has 0 aromatic rings. The van der Waals surface area contributed by atoms with Crippen LogP contribution in [0.5, 0.6) is 0 Å². The number of hydrogen-bond donors (Lipinski definition) is 1. The lowest BCUT2D eigenvalue weighted by atomic mass is 9.44. The summed E-state index contributed by atoms with van der Waals surface area (Å²) in [6.07, 6.45) is 6.08. The minimum atomic E-state index is -0.639. The molecule has 0 heterocycles. The number of ketones is 1. The maximum Gasteiger partial charge on any atom is 0.145 e. The van der Waals surface area contributed by atoms with Gasteiger partial charge in [-0.3, -0.25) is 4.79 Å². The van der Waals surface area contributed by atoms with Gasteiger partial charge in [-0.25, -0.2) is 0 Å². The van der Waals surface area contributed by atoms with Crippen molar-refractivity contribution in [3.8, 4) is 0 Å². The molecule has 24 heavy (non-hydrogen) atoms. The van der Waals surface area contributed by atoms with Crippen LogP contribution in [0.4, 0.5) is 0 Å². The lowest BCUT2D eigenvalue weighted by molar-refractivity contribution is -0.188. The summed E-state index contributed by atoms with van der Waals surface area (Å²) in [6, 6.07) is 0. The van der Waals surface area contributed by atoms with Crippen LogP contribution in [0.15, 0.2) is 12.7 Å². The highest BCUT2D eigenvalue weighted by atomic mass is 16.5. The fraction of sp³-hybridized carbons (Fsp3) is 0.857. The number of allylic oxidation sites excluding steroid dienone is 1. The van der Waals surface area contributed by atoms with E-state index in [1.165, 1.54) is 0 Å². The van der Waals surface area contributed by atoms with Crippen LogP contribution in [0, 0.1) is 34.0 Å². The van der Waals surface area contributed by atoms with E-state index in [9.17, 15) is 9.90 Å². The van der Waals surface area contributed by atoms with Crippen molar-refractivity contribution >= 4 is 5.78 Å². The average Bonchev–Trinajstić information content (AvgIpc) is 2.96. The van der Waals surface area contributed by atoms with Gasteiger partial charge in [-0.2, -0.15) is 0 Å². The van der Waals surface area contributed by atoms with E-state index < -0.39 is 11.5 Å². The maximum atomic E-state index is 13.4. The number of rotatable bonds is 2. The molecule has 3 nitrogen and oxygen atoms in total. The second-order valence-corrected chi connectivity index (χ2v) is 9.26. The van der Waals surface area contributed by atoms with Gasteiger partial charge in [0, 0.05) is 23.9 Å². The molecule has 0 spiro atoms. The van der Waals surface area contributed by atoms with Gasteiger partial charge in [0.2, 0.25) is 0 Å². The number of aliphatic hydroxyl groups is 1. The molecule has 3 saturated carbocycles. The molecule has 3 fully saturated rings. The van der Waals surface area contributed by atoms with Crippen LogP contribution in [0.1, 0.15) is 59.8 Å². The van der Waals surface area contributed by atoms with Crippen molar-refractivity contribution in [3.05, 3.63) is 12.7 Å². The zero-order valence-corrected chi connectivity index (χ0v) is 16.0. The van der Waals surface area contributed by atoms with E-state index >= 15 is 0 Å². The van der Waals surface area contributed by atoms with Gasteiger partial charge in [-0.15, -0.1) is 6.58 Å². The van der Waals surface area contributed by atoms with Crippen molar-refractivity contribution in [1.29, 1.82) is 0 Å². The minimum absolute atomic E-state index is 0.00928. The molecule has 0 radical (unpaired) electrons. The van der Waals surface area contributed by atoms with Gasteiger partial charge < -0.3 is 9.84 Å². The van der Waals surface area contributed by atoms with E-state index in [4.69, 9.17) is 4.74 Å². The molecule has 0 saturated heterocycles. The Morgan fingerprint density at radius 2 is 1.88 bits per heavy atom. The van der Waals surface area contributed by atoms with Crippen molar-refractivity contribution in [2.45, 2.75) is 72.0 Å². The van der Waals surface area contributed by atoms with Crippen LogP contribution in [0.3, 0.4) is 0 Å². The predicted octanol–water partition coefficient (Wildman–Crippen LogP) is 4.00. The molecule has 136 valence electrons. The third-order valence-corrected chi connectivity index (χ3v) is 8.57. The largest absolute Gasteiger partial charge is 0.392 e. The van der Waals surface area contributed by atoms with Crippen LogP contribution in [-0.2, 0) is 9.53 Å². The number of ether oxygens (including phenoxy) is 1. The van der Waals surface area contributed by atoms with Gasteiger partial charge in [-0.05, 0) is 56.3 Å². The Kier molecular flexibility index (Phi) is 4.28. The molecule has 0 aliphatic heterocycles. The highest BCUT2D eigenvalue weighted by Crippen LogP contribution is 2.68. The maximum absolute atomic E-state index is 13.4. The van der Waals surface area contributed by atoms with Crippen LogP contribution >= 0.6 is 0 Å². The first-order chi connectivity index (χ1) is 11.2. The van der Waals surface area contributed by atoms with E-state index in [0.29, 0.717) is 12.3 Å². The van der Waals surface area contributed by atoms with Crippen LogP contribution in [0.2, 0.25) is 0 Å². The summed E-state index contributed by atoms with van der Waals surface area (Å²) in [6.45, 7) is 12.6. The Labute approximate surface area is 146 Å². The number of hydrogen-bond acceptors (Lipinski definition) is 3. The Hall–Kier alpha value is -0.670. The first kappa shape index (κ1) is 18.1. The zero-order valence-electron chi connectivity index (χ0n) is 16.0. The first-order valence-electron chi connectivity index (χ1n) is 9.56. The van der Waals surface area contributed by atoms with Crippen molar-refractivity contribution in [2.75, 3.05) is 7.11 Å². The molecule has 0 amide bonds. The number of aliphatic hydroxyl groups excluding tert-OH is 1. The van der Waals surface area contributed by atoms with Crippen LogP contribution in [0.25, 0.3) is 0 Å². The number of Topliss-reactive ketones (excluding diaryl/α,β-unsaturated/α-hetero) is 1. The van der Waals surface area contributed by atoms with E-state index in [1.54, 1.807) is 13.2 Å². The summed E-state index contributed by atoms with van der Waals surface area (Å²) in [5.41, 5.74) is -0.889. The number of methoxy groups -OCH3 is 1. The molecule has 0 unspecified atom stereocenters. The van der Waals surface area contributed by atoms with Crippen molar-refractivity contribution in [1.82, 2.24) is 0 Å². The molecule has 2 bridgehead atoms. The van der Waals surface area contributed by atoms with E-state index in [0.717, 1.165) is 25.7 Å². The highest BCUT2D eigenvalue weighted by molar-refractivity contribution is 5.89. The average molecular weight is 334 g/mol. The van der Waals surface area contributed by atoms with E-state index in [1.807, 2.05) is 6.92 Å². The normalized spacial score (nSPS) is 54.8. The molecule has 3 aliphatic carbocycles. The summed E-state index contributed by atoms with van der Waals surface area (Å²) in [7, 11) is 1.79. The van der Waals surface area contributed by atoms with Crippen LogP contribution < -0.4 is 0 Å². The Morgan fingerprint density at radius 3 is 2.46 bits per heavy atom. The highest BCUT2D eigenvalue weighted by Gasteiger charge is 2.67. The van der Waals surface area contributed by atoms with E-state index in [2.05, 4.69) is 27.4 Å². The van der Waals surface area contributed by atoms with Crippen molar-refractivity contribution in [2.24, 2.45) is 34.0 Å². The van der Waals surface area contributed by atoms with Crippen molar-refractivity contribution < 1.29 is 14.6 Å². The second kappa shape index (κ2) is 5.67. The SMILES string of the molecule is C=C[C@]1(C)C[C@@H](O)[C@]2(C)[C@@H](C)CC[C@]3(CC[C@@H](OC)[C@@H]32)[C@@H](C)C1=O. The molecule has 8 atom stereocenters. The molecule has 0 aromatic heterocycles. The predicted molar refractivity (Wildman–Crippen MR) is 95.6 cm³/mol. The summed E-state index contributed by atoms with van der Waals surface area (Å²) in [4.78, 5) is 13.4. The molecule has 1 N–H and O–H groups in total. The van der Waals surface area contributed by atoms with Gasteiger partial charge in [0.15, 0.2) is 0 Å². The zero-order chi connectivity index (χ0) is 17.9. The lowest BCUT2D eigenvalue weighted by Gasteiger charge is -2.61. The fourth-order valence-electron chi connectivity index (χ4n) is 6.66. The molecular formula is C21H34O3. The minimum Gasteiger partial charge on any atom is -0.392 e. The quantitative estimate of drug-likeness (QED) is 0.777. The molecular weight excluding hydrogens is 300 g/mol. The van der Waals surface area contributed by atoms with Gasteiger partial charge >= 0.3 is 0 Å². The van der Waals surface area contributed by atoms with Gasteiger partial charge in [0.25, 0.3) is 0 Å². The van der Waals surface area contributed by atoms with Gasteiger partial charge in [0.1, 0.15) is 5.78 Å². The Bertz CT molecular complexity index is 543. The smallest absolute Gasteiger partial charge is 0.145 e. The monoisotopic (exact) mass is 334 g/mol. The number of carbonyl (C=O) groups excluding carboxylic acids is 1. The second-order valence-electron chi connectivity index (χ2n) is 9.26. The molecule has 0 aromatic carbocycles. The molecule has 3 rings (SSSR count). The third kappa shape index (κ3) is 2.07. The molecule has 3 aliphatic rings. The van der Waals surface area contributed by atoms with E-state index in [-0.39, 0.29) is 34.6 Å². The summed E-state index contributed by atoms with van der Waals surface area (Å²) in [5, 5.41) is 11.3.